The molecule has 1 saturated heterocycles. The van der Waals surface area contributed by atoms with Crippen LogP contribution in [-0.4, -0.2) is 34.6 Å². The lowest BCUT2D eigenvalue weighted by atomic mass is 9.92. The molecule has 0 aliphatic carbocycles. The first kappa shape index (κ1) is 14.0. The van der Waals surface area contributed by atoms with Gasteiger partial charge in [-0.25, -0.2) is 0 Å². The molecule has 1 aromatic rings. The van der Waals surface area contributed by atoms with E-state index in [0.717, 1.165) is 19.6 Å². The van der Waals surface area contributed by atoms with Crippen LogP contribution in [0.2, 0.25) is 0 Å². The van der Waals surface area contributed by atoms with Crippen LogP contribution in [0.4, 0.5) is 0 Å². The summed E-state index contributed by atoms with van der Waals surface area (Å²) in [6, 6.07) is 0.652. The summed E-state index contributed by atoms with van der Waals surface area (Å²) in [6.07, 6.45) is 5.65. The Balaban J connectivity index is 2.10. The van der Waals surface area contributed by atoms with Crippen molar-refractivity contribution in [1.29, 1.82) is 0 Å². The number of hydrogen-bond acceptors (Lipinski definition) is 4. The standard InChI is InChI=1S/C14H25N3S/c1-4-14(5-2)10-17(12(3)6-7-16-14)9-13-8-15-11-18-13/h8,11-12,16H,4-7,9-10H2,1-3H3. The second-order valence-corrected chi connectivity index (χ2v) is 6.40. The van der Waals surface area contributed by atoms with Crippen molar-refractivity contribution >= 4 is 11.3 Å². The molecule has 2 heterocycles. The maximum absolute atomic E-state index is 4.19. The molecule has 1 atom stereocenters. The van der Waals surface area contributed by atoms with E-state index in [-0.39, 0.29) is 0 Å². The highest BCUT2D eigenvalue weighted by atomic mass is 32.1. The van der Waals surface area contributed by atoms with Gasteiger partial charge in [-0.2, -0.15) is 0 Å². The SMILES string of the molecule is CCC1(CC)CN(Cc2cncs2)C(C)CCN1. The minimum Gasteiger partial charge on any atom is -0.310 e. The zero-order valence-electron chi connectivity index (χ0n) is 11.8. The lowest BCUT2D eigenvalue weighted by Gasteiger charge is -2.36. The van der Waals surface area contributed by atoms with E-state index < -0.39 is 0 Å². The first-order valence-corrected chi connectivity index (χ1v) is 7.93. The topological polar surface area (TPSA) is 28.2 Å². The van der Waals surface area contributed by atoms with Gasteiger partial charge in [-0.05, 0) is 32.7 Å². The van der Waals surface area contributed by atoms with Gasteiger partial charge in [-0.3, -0.25) is 9.88 Å². The molecule has 4 heteroatoms. The fourth-order valence-electron chi connectivity index (χ4n) is 2.79. The van der Waals surface area contributed by atoms with Crippen molar-refractivity contribution in [1.82, 2.24) is 15.2 Å². The number of hydrogen-bond donors (Lipinski definition) is 1. The Bertz CT molecular complexity index is 346. The van der Waals surface area contributed by atoms with E-state index in [9.17, 15) is 0 Å². The number of nitrogens with one attached hydrogen (secondary N) is 1. The second kappa shape index (κ2) is 6.13. The van der Waals surface area contributed by atoms with E-state index >= 15 is 0 Å². The molecule has 1 aromatic heterocycles. The molecule has 1 fully saturated rings. The van der Waals surface area contributed by atoms with E-state index in [1.54, 1.807) is 11.3 Å². The lowest BCUT2D eigenvalue weighted by Crippen LogP contribution is -2.51. The summed E-state index contributed by atoms with van der Waals surface area (Å²) >= 11 is 1.77. The van der Waals surface area contributed by atoms with Gasteiger partial charge in [0.05, 0.1) is 5.51 Å². The number of nitrogens with zero attached hydrogens (tertiary/aromatic N) is 2. The largest absolute Gasteiger partial charge is 0.310 e. The fourth-order valence-corrected chi connectivity index (χ4v) is 3.40. The van der Waals surface area contributed by atoms with Crippen LogP contribution in [-0.2, 0) is 6.54 Å². The highest BCUT2D eigenvalue weighted by Crippen LogP contribution is 2.24. The first-order chi connectivity index (χ1) is 8.69. The van der Waals surface area contributed by atoms with Crippen molar-refractivity contribution in [2.45, 2.75) is 58.2 Å². The summed E-state index contributed by atoms with van der Waals surface area (Å²) in [7, 11) is 0. The zero-order chi connectivity index (χ0) is 13.0. The monoisotopic (exact) mass is 267 g/mol. The van der Waals surface area contributed by atoms with Gasteiger partial charge in [0.25, 0.3) is 0 Å². The average molecular weight is 267 g/mol. The van der Waals surface area contributed by atoms with Gasteiger partial charge in [-0.15, -0.1) is 11.3 Å². The fraction of sp³-hybridized carbons (Fsp3) is 0.786. The minimum atomic E-state index is 0.301. The van der Waals surface area contributed by atoms with Crippen molar-refractivity contribution in [3.63, 3.8) is 0 Å². The third-order valence-electron chi connectivity index (χ3n) is 4.39. The molecule has 1 unspecified atom stereocenters. The van der Waals surface area contributed by atoms with E-state index in [1.165, 1.54) is 24.1 Å². The van der Waals surface area contributed by atoms with Crippen LogP contribution in [0.3, 0.4) is 0 Å². The highest BCUT2D eigenvalue weighted by molar-refractivity contribution is 7.09. The van der Waals surface area contributed by atoms with E-state index in [2.05, 4.69) is 36.0 Å². The quantitative estimate of drug-likeness (QED) is 0.909. The van der Waals surface area contributed by atoms with Crippen molar-refractivity contribution in [3.8, 4) is 0 Å². The van der Waals surface area contributed by atoms with Crippen LogP contribution in [0.25, 0.3) is 0 Å². The van der Waals surface area contributed by atoms with Gasteiger partial charge in [0, 0.05) is 35.7 Å². The van der Waals surface area contributed by atoms with Crippen LogP contribution in [0, 0.1) is 0 Å². The first-order valence-electron chi connectivity index (χ1n) is 7.05. The summed E-state index contributed by atoms with van der Waals surface area (Å²) < 4.78 is 0. The van der Waals surface area contributed by atoms with E-state index in [4.69, 9.17) is 0 Å². The summed E-state index contributed by atoms with van der Waals surface area (Å²) in [5, 5.41) is 3.78. The van der Waals surface area contributed by atoms with Crippen molar-refractivity contribution in [2.24, 2.45) is 0 Å². The average Bonchev–Trinajstić information content (AvgIpc) is 2.83. The molecule has 0 amide bonds. The van der Waals surface area contributed by atoms with Gasteiger partial charge >= 0.3 is 0 Å². The van der Waals surface area contributed by atoms with Gasteiger partial charge < -0.3 is 5.32 Å². The lowest BCUT2D eigenvalue weighted by molar-refractivity contribution is 0.153. The van der Waals surface area contributed by atoms with Crippen LogP contribution < -0.4 is 5.32 Å². The molecule has 1 aliphatic heterocycles. The summed E-state index contributed by atoms with van der Waals surface area (Å²) in [6.45, 7) is 10.3. The molecule has 18 heavy (non-hydrogen) atoms. The Kier molecular flexibility index (Phi) is 4.76. The molecule has 102 valence electrons. The predicted octanol–water partition coefficient (Wildman–Crippen LogP) is 2.89. The van der Waals surface area contributed by atoms with Gasteiger partial charge in [-0.1, -0.05) is 13.8 Å². The van der Waals surface area contributed by atoms with Gasteiger partial charge in [0.2, 0.25) is 0 Å². The molecular formula is C14H25N3S. The molecule has 0 bridgehead atoms. The smallest absolute Gasteiger partial charge is 0.0794 e. The molecule has 0 aromatic carbocycles. The van der Waals surface area contributed by atoms with Crippen LogP contribution >= 0.6 is 11.3 Å². The molecule has 0 spiro atoms. The van der Waals surface area contributed by atoms with Gasteiger partial charge in [0.15, 0.2) is 0 Å². The van der Waals surface area contributed by atoms with E-state index in [0.29, 0.717) is 11.6 Å². The Morgan fingerprint density at radius 1 is 1.50 bits per heavy atom. The molecular weight excluding hydrogens is 242 g/mol. The van der Waals surface area contributed by atoms with Crippen LogP contribution in [0.5, 0.6) is 0 Å². The normalized spacial score (nSPS) is 24.9. The zero-order valence-corrected chi connectivity index (χ0v) is 12.6. The molecule has 1 aliphatic rings. The third kappa shape index (κ3) is 3.11. The van der Waals surface area contributed by atoms with Crippen molar-refractivity contribution < 1.29 is 0 Å². The highest BCUT2D eigenvalue weighted by Gasteiger charge is 2.32. The Morgan fingerprint density at radius 2 is 2.28 bits per heavy atom. The third-order valence-corrected chi connectivity index (χ3v) is 5.15. The Morgan fingerprint density at radius 3 is 2.89 bits per heavy atom. The van der Waals surface area contributed by atoms with Gasteiger partial charge in [0.1, 0.15) is 0 Å². The predicted molar refractivity (Wildman–Crippen MR) is 77.9 cm³/mol. The molecule has 2 rings (SSSR count). The molecule has 0 radical (unpaired) electrons. The second-order valence-electron chi connectivity index (χ2n) is 5.42. The summed E-state index contributed by atoms with van der Waals surface area (Å²) in [4.78, 5) is 8.19. The van der Waals surface area contributed by atoms with Crippen LogP contribution in [0.15, 0.2) is 11.7 Å². The maximum atomic E-state index is 4.19. The van der Waals surface area contributed by atoms with Crippen molar-refractivity contribution in [3.05, 3.63) is 16.6 Å². The van der Waals surface area contributed by atoms with Crippen LogP contribution in [0.1, 0.15) is 44.9 Å². The molecule has 3 nitrogen and oxygen atoms in total. The Labute approximate surface area is 115 Å². The van der Waals surface area contributed by atoms with E-state index in [1.807, 2.05) is 11.7 Å². The molecule has 1 N–H and O–H groups in total. The Hall–Kier alpha value is -0.450. The molecule has 0 saturated carbocycles. The maximum Gasteiger partial charge on any atom is 0.0794 e. The minimum absolute atomic E-state index is 0.301. The number of thiazole rings is 1. The summed E-state index contributed by atoms with van der Waals surface area (Å²) in [5.74, 6) is 0. The number of aromatic nitrogens is 1. The number of rotatable bonds is 4. The summed E-state index contributed by atoms with van der Waals surface area (Å²) in [5.41, 5.74) is 2.23. The van der Waals surface area contributed by atoms with Crippen molar-refractivity contribution in [2.75, 3.05) is 13.1 Å².